The number of hydrogen-bond donors (Lipinski definition) is 0. The van der Waals surface area contributed by atoms with Gasteiger partial charge in [-0.15, -0.1) is 0 Å². The number of allylic oxidation sites excluding steroid dienone is 2. The summed E-state index contributed by atoms with van der Waals surface area (Å²) in [5.74, 6) is -0.450. The van der Waals surface area contributed by atoms with E-state index in [1.165, 1.54) is 12.2 Å². The van der Waals surface area contributed by atoms with E-state index in [2.05, 4.69) is 13.8 Å². The van der Waals surface area contributed by atoms with Crippen molar-refractivity contribution in [2.45, 2.75) is 46.1 Å². The molecule has 26 heavy (non-hydrogen) atoms. The minimum atomic E-state index is -0.816. The van der Waals surface area contributed by atoms with Gasteiger partial charge in [-0.05, 0) is 56.4 Å². The maximum atomic E-state index is 12.7. The highest BCUT2D eigenvalue weighted by molar-refractivity contribution is 6.11. The fraction of sp³-hybridized carbons (Fsp3) is 0.429. The second-order valence-corrected chi connectivity index (χ2v) is 7.96. The zero-order chi connectivity index (χ0) is 18.7. The summed E-state index contributed by atoms with van der Waals surface area (Å²) in [5, 5.41) is 0. The number of carbonyl (C=O) groups is 2. The normalized spacial score (nSPS) is 20.9. The van der Waals surface area contributed by atoms with Crippen molar-refractivity contribution in [3.8, 4) is 0 Å². The number of aromatic nitrogens is 1. The van der Waals surface area contributed by atoms with Crippen molar-refractivity contribution < 1.29 is 14.3 Å². The lowest BCUT2D eigenvalue weighted by atomic mass is 9.72. The maximum Gasteiger partial charge on any atom is 0.340 e. The summed E-state index contributed by atoms with van der Waals surface area (Å²) in [6.07, 6.45) is 8.31. The van der Waals surface area contributed by atoms with E-state index < -0.39 is 5.54 Å². The number of hydrogen-bond acceptors (Lipinski definition) is 5. The lowest BCUT2D eigenvalue weighted by Gasteiger charge is -2.31. The number of ether oxygens (including phenoxy) is 1. The molecule has 2 aliphatic carbocycles. The molecule has 0 fully saturated rings. The molecule has 134 valence electrons. The van der Waals surface area contributed by atoms with Crippen LogP contribution in [0.4, 0.5) is 0 Å². The minimum Gasteiger partial charge on any atom is -0.462 e. The van der Waals surface area contributed by atoms with Gasteiger partial charge in [0.25, 0.3) is 0 Å². The first kappa shape index (κ1) is 16.9. The molecule has 1 aromatic rings. The Labute approximate surface area is 152 Å². The van der Waals surface area contributed by atoms with Gasteiger partial charge in [0, 0.05) is 16.8 Å². The van der Waals surface area contributed by atoms with E-state index in [1.54, 1.807) is 19.1 Å². The first-order valence-corrected chi connectivity index (χ1v) is 8.99. The van der Waals surface area contributed by atoms with E-state index in [0.29, 0.717) is 17.9 Å². The number of fused-ring (bicyclic) bond motifs is 1. The third-order valence-corrected chi connectivity index (χ3v) is 5.24. The number of carbonyl (C=O) groups excluding carboxylic acids is 2. The quantitative estimate of drug-likeness (QED) is 0.768. The lowest BCUT2D eigenvalue weighted by molar-refractivity contribution is -0.110. The van der Waals surface area contributed by atoms with Crippen LogP contribution >= 0.6 is 0 Å². The van der Waals surface area contributed by atoms with Gasteiger partial charge in [-0.2, -0.15) is 0 Å². The van der Waals surface area contributed by atoms with Crippen molar-refractivity contribution in [2.24, 2.45) is 10.4 Å². The molecule has 0 N–H and O–H groups in total. The maximum absolute atomic E-state index is 12.7. The fourth-order valence-electron chi connectivity index (χ4n) is 4.26. The Morgan fingerprint density at radius 3 is 2.58 bits per heavy atom. The van der Waals surface area contributed by atoms with Crippen LogP contribution in [0.5, 0.6) is 0 Å². The van der Waals surface area contributed by atoms with Crippen molar-refractivity contribution >= 4 is 17.5 Å². The smallest absolute Gasteiger partial charge is 0.340 e. The number of pyridine rings is 1. The monoisotopic (exact) mass is 350 g/mol. The topological polar surface area (TPSA) is 68.6 Å². The van der Waals surface area contributed by atoms with Crippen LogP contribution in [0.25, 0.3) is 0 Å². The number of ketones is 1. The molecule has 4 rings (SSSR count). The summed E-state index contributed by atoms with van der Waals surface area (Å²) in [4.78, 5) is 34.2. The fourth-order valence-corrected chi connectivity index (χ4v) is 4.26. The number of esters is 1. The predicted molar refractivity (Wildman–Crippen MR) is 98.5 cm³/mol. The molecule has 5 heteroatoms. The Morgan fingerprint density at radius 2 is 1.92 bits per heavy atom. The van der Waals surface area contributed by atoms with Crippen molar-refractivity contribution in [1.29, 1.82) is 0 Å². The highest BCUT2D eigenvalue weighted by Crippen LogP contribution is 2.48. The molecular formula is C21H22N2O3. The molecular weight excluding hydrogens is 328 g/mol. The van der Waals surface area contributed by atoms with Crippen LogP contribution in [-0.2, 0) is 21.5 Å². The average molecular weight is 350 g/mol. The number of aryl methyl sites for hydroxylation is 1. The molecule has 0 aromatic carbocycles. The SMILES string of the molecule is CCOC(=O)c1c(C)nc2c3c1C1(C=CC(=O)C=C1)N=C3CC(C)(C)C2. The van der Waals surface area contributed by atoms with Gasteiger partial charge in [-0.3, -0.25) is 14.8 Å². The summed E-state index contributed by atoms with van der Waals surface area (Å²) >= 11 is 0. The predicted octanol–water partition coefficient (Wildman–Crippen LogP) is 3.23. The first-order chi connectivity index (χ1) is 12.3. The van der Waals surface area contributed by atoms with E-state index in [1.807, 2.05) is 6.92 Å². The largest absolute Gasteiger partial charge is 0.462 e. The highest BCUT2D eigenvalue weighted by atomic mass is 16.5. The Kier molecular flexibility index (Phi) is 3.55. The van der Waals surface area contributed by atoms with Crippen molar-refractivity contribution in [2.75, 3.05) is 6.61 Å². The van der Waals surface area contributed by atoms with Crippen LogP contribution in [0.3, 0.4) is 0 Å². The molecule has 3 aliphatic rings. The molecule has 1 aromatic heterocycles. The van der Waals surface area contributed by atoms with Crippen LogP contribution in [0, 0.1) is 12.3 Å². The van der Waals surface area contributed by atoms with Gasteiger partial charge in [0.1, 0.15) is 5.54 Å². The van der Waals surface area contributed by atoms with Gasteiger partial charge in [-0.1, -0.05) is 13.8 Å². The average Bonchev–Trinajstić information content (AvgIpc) is 2.84. The van der Waals surface area contributed by atoms with E-state index in [-0.39, 0.29) is 17.2 Å². The molecule has 0 radical (unpaired) electrons. The van der Waals surface area contributed by atoms with Gasteiger partial charge >= 0.3 is 5.97 Å². The molecule has 2 heterocycles. The van der Waals surface area contributed by atoms with Crippen LogP contribution in [0.1, 0.15) is 60.1 Å². The zero-order valence-corrected chi connectivity index (χ0v) is 15.5. The third-order valence-electron chi connectivity index (χ3n) is 5.24. The molecule has 1 aliphatic heterocycles. The van der Waals surface area contributed by atoms with Crippen LogP contribution in [0.15, 0.2) is 29.3 Å². The molecule has 0 bridgehead atoms. The Morgan fingerprint density at radius 1 is 1.23 bits per heavy atom. The molecule has 0 unspecified atom stereocenters. The summed E-state index contributed by atoms with van der Waals surface area (Å²) in [6.45, 7) is 8.34. The van der Waals surface area contributed by atoms with E-state index in [0.717, 1.165) is 35.4 Å². The summed E-state index contributed by atoms with van der Waals surface area (Å²) in [5.41, 5.74) is 4.12. The number of rotatable bonds is 2. The Hall–Kier alpha value is -2.56. The third kappa shape index (κ3) is 2.37. The molecule has 5 nitrogen and oxygen atoms in total. The van der Waals surface area contributed by atoms with E-state index >= 15 is 0 Å². The van der Waals surface area contributed by atoms with Gasteiger partial charge in [0.15, 0.2) is 5.78 Å². The lowest BCUT2D eigenvalue weighted by Crippen LogP contribution is -2.30. The Balaban J connectivity index is 2.03. The van der Waals surface area contributed by atoms with Crippen LogP contribution in [0.2, 0.25) is 0 Å². The van der Waals surface area contributed by atoms with Crippen molar-refractivity contribution in [3.63, 3.8) is 0 Å². The second kappa shape index (κ2) is 5.47. The second-order valence-electron chi connectivity index (χ2n) is 7.96. The standard InChI is InChI=1S/C21H22N2O3/c1-5-26-19(25)16-12(2)22-14-10-20(3,4)11-15-17(14)18(16)21(23-15)8-6-13(24)7-9-21/h6-9H,5,10-11H2,1-4H3. The van der Waals surface area contributed by atoms with Gasteiger partial charge in [0.2, 0.25) is 0 Å². The molecule has 0 saturated heterocycles. The van der Waals surface area contributed by atoms with Crippen LogP contribution in [-0.4, -0.2) is 29.1 Å². The van der Waals surface area contributed by atoms with Gasteiger partial charge in [0.05, 0.1) is 23.6 Å². The zero-order valence-electron chi connectivity index (χ0n) is 15.5. The minimum absolute atomic E-state index is 0.0530. The van der Waals surface area contributed by atoms with E-state index in [9.17, 15) is 9.59 Å². The highest BCUT2D eigenvalue weighted by Gasteiger charge is 2.47. The van der Waals surface area contributed by atoms with Gasteiger partial charge < -0.3 is 4.74 Å². The molecule has 0 atom stereocenters. The summed E-state index contributed by atoms with van der Waals surface area (Å²) in [7, 11) is 0. The molecule has 0 saturated carbocycles. The number of nitrogens with zero attached hydrogens (tertiary/aromatic N) is 2. The summed E-state index contributed by atoms with van der Waals surface area (Å²) < 4.78 is 5.31. The Bertz CT molecular complexity index is 919. The van der Waals surface area contributed by atoms with Crippen molar-refractivity contribution in [1.82, 2.24) is 4.98 Å². The van der Waals surface area contributed by atoms with Crippen LogP contribution < -0.4 is 0 Å². The molecule has 0 amide bonds. The van der Waals surface area contributed by atoms with Gasteiger partial charge in [-0.25, -0.2) is 4.79 Å². The number of aliphatic imine (C=N–C) groups is 1. The van der Waals surface area contributed by atoms with E-state index in [4.69, 9.17) is 14.7 Å². The molecule has 1 spiro atoms. The van der Waals surface area contributed by atoms with Crippen molar-refractivity contribution in [3.05, 3.63) is 52.4 Å². The summed E-state index contributed by atoms with van der Waals surface area (Å²) in [6, 6.07) is 0. The first-order valence-electron chi connectivity index (χ1n) is 8.99.